The van der Waals surface area contributed by atoms with Crippen LogP contribution in [0.3, 0.4) is 0 Å². The average molecular weight is 139 g/mol. The van der Waals surface area contributed by atoms with Crippen LogP contribution in [0.2, 0.25) is 0 Å². The van der Waals surface area contributed by atoms with Crippen LogP contribution in [-0.2, 0) is 6.54 Å². The standard InChI is InChI=1S/C6H6FN3/c1-8-4-5-2-3-9-6(7)10-5/h2-3H,1,4H2. The number of halogens is 1. The molecule has 52 valence electrons. The van der Waals surface area contributed by atoms with Crippen LogP contribution in [0.5, 0.6) is 0 Å². The summed E-state index contributed by atoms with van der Waals surface area (Å²) in [5, 5.41) is 0. The van der Waals surface area contributed by atoms with Gasteiger partial charge in [-0.25, -0.2) is 9.97 Å². The number of hydrogen-bond donors (Lipinski definition) is 0. The summed E-state index contributed by atoms with van der Waals surface area (Å²) in [6.07, 6.45) is 0.629. The molecule has 0 fully saturated rings. The minimum Gasteiger partial charge on any atom is -0.295 e. The third-order valence-corrected chi connectivity index (χ3v) is 0.958. The largest absolute Gasteiger partial charge is 0.308 e. The molecule has 1 aromatic heterocycles. The van der Waals surface area contributed by atoms with E-state index in [2.05, 4.69) is 21.7 Å². The van der Waals surface area contributed by atoms with Gasteiger partial charge in [-0.1, -0.05) is 0 Å². The van der Waals surface area contributed by atoms with E-state index in [0.29, 0.717) is 12.2 Å². The van der Waals surface area contributed by atoms with Crippen molar-refractivity contribution in [2.24, 2.45) is 4.99 Å². The van der Waals surface area contributed by atoms with Crippen LogP contribution in [0.4, 0.5) is 4.39 Å². The number of rotatable bonds is 2. The van der Waals surface area contributed by atoms with Gasteiger partial charge >= 0.3 is 6.08 Å². The minimum absolute atomic E-state index is 0.333. The molecule has 10 heavy (non-hydrogen) atoms. The van der Waals surface area contributed by atoms with Gasteiger partial charge in [0.1, 0.15) is 0 Å². The molecule has 0 spiro atoms. The highest BCUT2D eigenvalue weighted by Gasteiger charge is 1.93. The number of hydrogen-bond acceptors (Lipinski definition) is 3. The Morgan fingerprint density at radius 2 is 2.50 bits per heavy atom. The van der Waals surface area contributed by atoms with Crippen LogP contribution in [-0.4, -0.2) is 16.7 Å². The molecule has 0 N–H and O–H groups in total. The van der Waals surface area contributed by atoms with E-state index < -0.39 is 6.08 Å². The summed E-state index contributed by atoms with van der Waals surface area (Å²) < 4.78 is 12.2. The topological polar surface area (TPSA) is 38.1 Å². The summed E-state index contributed by atoms with van der Waals surface area (Å²) in [6.45, 7) is 3.59. The summed E-state index contributed by atoms with van der Waals surface area (Å²) in [5.41, 5.74) is 0.544. The average Bonchev–Trinajstić information content (AvgIpc) is 1.88. The first kappa shape index (κ1) is 6.80. The van der Waals surface area contributed by atoms with E-state index in [1.807, 2.05) is 0 Å². The molecular weight excluding hydrogens is 133 g/mol. The zero-order valence-electron chi connectivity index (χ0n) is 5.29. The van der Waals surface area contributed by atoms with Crippen LogP contribution in [0.15, 0.2) is 17.3 Å². The summed E-state index contributed by atoms with van der Waals surface area (Å²) in [5.74, 6) is 0. The fourth-order valence-electron chi connectivity index (χ4n) is 0.572. The second kappa shape index (κ2) is 3.00. The highest BCUT2D eigenvalue weighted by molar-refractivity contribution is 5.23. The Morgan fingerprint density at radius 3 is 3.10 bits per heavy atom. The molecule has 0 bridgehead atoms. The van der Waals surface area contributed by atoms with Crippen LogP contribution in [0.1, 0.15) is 5.69 Å². The van der Waals surface area contributed by atoms with Crippen molar-refractivity contribution >= 4 is 6.72 Å². The van der Waals surface area contributed by atoms with Gasteiger partial charge in [-0.15, -0.1) is 0 Å². The predicted octanol–water partition coefficient (Wildman–Crippen LogP) is 0.816. The van der Waals surface area contributed by atoms with Crippen molar-refractivity contribution in [3.05, 3.63) is 24.0 Å². The van der Waals surface area contributed by atoms with Crippen molar-refractivity contribution < 1.29 is 4.39 Å². The van der Waals surface area contributed by atoms with Crippen molar-refractivity contribution in [3.63, 3.8) is 0 Å². The van der Waals surface area contributed by atoms with Crippen molar-refractivity contribution in [2.75, 3.05) is 0 Å². The predicted molar refractivity (Wildman–Crippen MR) is 35.2 cm³/mol. The maximum Gasteiger partial charge on any atom is 0.308 e. The third kappa shape index (κ3) is 1.58. The molecule has 0 aromatic carbocycles. The van der Waals surface area contributed by atoms with E-state index in [4.69, 9.17) is 0 Å². The lowest BCUT2D eigenvalue weighted by molar-refractivity contribution is 0.532. The van der Waals surface area contributed by atoms with E-state index >= 15 is 0 Å². The molecule has 1 heterocycles. The van der Waals surface area contributed by atoms with Crippen LogP contribution < -0.4 is 0 Å². The Balaban J connectivity index is 2.84. The molecule has 0 atom stereocenters. The Hall–Kier alpha value is -1.32. The Labute approximate surface area is 57.7 Å². The van der Waals surface area contributed by atoms with Gasteiger partial charge in [0.25, 0.3) is 0 Å². The molecule has 1 aromatic rings. The summed E-state index contributed by atoms with van der Waals surface area (Å²) >= 11 is 0. The molecule has 0 radical (unpaired) electrons. The molecule has 3 nitrogen and oxygen atoms in total. The van der Waals surface area contributed by atoms with Crippen molar-refractivity contribution in [1.29, 1.82) is 0 Å². The fourth-order valence-corrected chi connectivity index (χ4v) is 0.572. The Morgan fingerprint density at radius 1 is 1.70 bits per heavy atom. The van der Waals surface area contributed by atoms with Crippen molar-refractivity contribution in [3.8, 4) is 0 Å². The maximum atomic E-state index is 12.2. The first-order valence-corrected chi connectivity index (χ1v) is 2.73. The smallest absolute Gasteiger partial charge is 0.295 e. The highest BCUT2D eigenvalue weighted by atomic mass is 19.1. The maximum absolute atomic E-state index is 12.2. The van der Waals surface area contributed by atoms with Crippen molar-refractivity contribution in [2.45, 2.75) is 6.54 Å². The molecule has 1 rings (SSSR count). The normalized spacial score (nSPS) is 9.30. The van der Waals surface area contributed by atoms with E-state index in [9.17, 15) is 4.39 Å². The van der Waals surface area contributed by atoms with Gasteiger partial charge in [-0.2, -0.15) is 4.39 Å². The van der Waals surface area contributed by atoms with Crippen LogP contribution >= 0.6 is 0 Å². The minimum atomic E-state index is -0.721. The van der Waals surface area contributed by atoms with Gasteiger partial charge in [-0.05, 0) is 12.8 Å². The SMILES string of the molecule is C=NCc1ccnc(F)n1. The van der Waals surface area contributed by atoms with Gasteiger partial charge in [0.05, 0.1) is 12.2 Å². The summed E-state index contributed by atoms with van der Waals surface area (Å²) in [4.78, 5) is 10.3. The van der Waals surface area contributed by atoms with E-state index in [0.717, 1.165) is 0 Å². The quantitative estimate of drug-likeness (QED) is 0.449. The molecule has 4 heteroatoms. The lowest BCUT2D eigenvalue weighted by Gasteiger charge is -1.91. The summed E-state index contributed by atoms with van der Waals surface area (Å²) in [6, 6.07) is 1.60. The van der Waals surface area contributed by atoms with Gasteiger partial charge in [0.2, 0.25) is 0 Å². The summed E-state index contributed by atoms with van der Waals surface area (Å²) in [7, 11) is 0. The van der Waals surface area contributed by atoms with Gasteiger partial charge in [0.15, 0.2) is 0 Å². The molecule has 0 aliphatic rings. The fraction of sp³-hybridized carbons (Fsp3) is 0.167. The lowest BCUT2D eigenvalue weighted by atomic mass is 10.4. The van der Waals surface area contributed by atoms with Gasteiger partial charge in [0, 0.05) is 6.20 Å². The second-order valence-corrected chi connectivity index (χ2v) is 1.70. The van der Waals surface area contributed by atoms with Gasteiger partial charge < -0.3 is 0 Å². The van der Waals surface area contributed by atoms with Crippen LogP contribution in [0, 0.1) is 6.08 Å². The molecule has 0 aliphatic heterocycles. The first-order chi connectivity index (χ1) is 4.83. The molecule has 0 saturated carbocycles. The molecule has 0 aliphatic carbocycles. The number of nitrogens with zero attached hydrogens (tertiary/aromatic N) is 3. The Bertz CT molecular complexity index is 236. The molecular formula is C6H6FN3. The zero-order valence-corrected chi connectivity index (χ0v) is 5.29. The monoisotopic (exact) mass is 139 g/mol. The Kier molecular flexibility index (Phi) is 2.04. The van der Waals surface area contributed by atoms with Gasteiger partial charge in [-0.3, -0.25) is 4.99 Å². The van der Waals surface area contributed by atoms with Crippen molar-refractivity contribution in [1.82, 2.24) is 9.97 Å². The highest BCUT2D eigenvalue weighted by Crippen LogP contribution is 1.94. The number of aliphatic imine (C=N–C) groups is 1. The lowest BCUT2D eigenvalue weighted by Crippen LogP contribution is -1.92. The number of aromatic nitrogens is 2. The van der Waals surface area contributed by atoms with E-state index in [1.165, 1.54) is 6.20 Å². The van der Waals surface area contributed by atoms with Crippen LogP contribution in [0.25, 0.3) is 0 Å². The van der Waals surface area contributed by atoms with E-state index in [1.54, 1.807) is 6.07 Å². The second-order valence-electron chi connectivity index (χ2n) is 1.70. The van der Waals surface area contributed by atoms with E-state index in [-0.39, 0.29) is 0 Å². The molecule has 0 saturated heterocycles. The molecule has 0 unspecified atom stereocenters. The molecule has 0 amide bonds. The first-order valence-electron chi connectivity index (χ1n) is 2.73. The zero-order chi connectivity index (χ0) is 7.40. The third-order valence-electron chi connectivity index (χ3n) is 0.958.